The Morgan fingerprint density at radius 1 is 1.32 bits per heavy atom. The first-order chi connectivity index (χ1) is 9.11. The highest BCUT2D eigenvalue weighted by molar-refractivity contribution is 6.30. The van der Waals surface area contributed by atoms with Crippen LogP contribution in [0.2, 0.25) is 5.02 Å². The third-order valence-electron chi connectivity index (χ3n) is 2.64. The largest absolute Gasteiger partial charge is 0.368 e. The SMILES string of the molecule is CCCNc1nc(-c2cccc(Cl)c2)nc(C)c1F. The van der Waals surface area contributed by atoms with Crippen LogP contribution in [-0.2, 0) is 0 Å². The highest BCUT2D eigenvalue weighted by Crippen LogP contribution is 2.23. The van der Waals surface area contributed by atoms with E-state index in [1.54, 1.807) is 19.1 Å². The zero-order valence-corrected chi connectivity index (χ0v) is 11.6. The summed E-state index contributed by atoms with van der Waals surface area (Å²) in [6.45, 7) is 4.31. The molecule has 0 amide bonds. The molecule has 0 bridgehead atoms. The summed E-state index contributed by atoms with van der Waals surface area (Å²) in [7, 11) is 0. The fourth-order valence-electron chi connectivity index (χ4n) is 1.68. The maximum atomic E-state index is 13.9. The van der Waals surface area contributed by atoms with Gasteiger partial charge in [0.2, 0.25) is 0 Å². The van der Waals surface area contributed by atoms with Crippen LogP contribution in [0.5, 0.6) is 0 Å². The Bertz CT molecular complexity index is 587. The molecule has 100 valence electrons. The third kappa shape index (κ3) is 3.20. The minimum absolute atomic E-state index is 0.240. The quantitative estimate of drug-likeness (QED) is 0.917. The van der Waals surface area contributed by atoms with Gasteiger partial charge in [-0.3, -0.25) is 0 Å². The van der Waals surface area contributed by atoms with Gasteiger partial charge in [-0.1, -0.05) is 30.7 Å². The summed E-state index contributed by atoms with van der Waals surface area (Å²) < 4.78 is 13.9. The number of rotatable bonds is 4. The highest BCUT2D eigenvalue weighted by atomic mass is 35.5. The van der Waals surface area contributed by atoms with Gasteiger partial charge >= 0.3 is 0 Å². The van der Waals surface area contributed by atoms with E-state index in [4.69, 9.17) is 11.6 Å². The van der Waals surface area contributed by atoms with Gasteiger partial charge in [-0.25, -0.2) is 14.4 Å². The molecular formula is C14H15ClFN3. The lowest BCUT2D eigenvalue weighted by molar-refractivity contribution is 0.605. The average Bonchev–Trinajstić information content (AvgIpc) is 2.40. The molecule has 0 spiro atoms. The predicted molar refractivity (Wildman–Crippen MR) is 76.0 cm³/mol. The zero-order chi connectivity index (χ0) is 13.8. The monoisotopic (exact) mass is 279 g/mol. The number of anilines is 1. The van der Waals surface area contributed by atoms with Crippen molar-refractivity contribution in [1.82, 2.24) is 9.97 Å². The Kier molecular flexibility index (Phi) is 4.32. The Hall–Kier alpha value is -1.68. The van der Waals surface area contributed by atoms with E-state index in [2.05, 4.69) is 15.3 Å². The standard InChI is InChI=1S/C14H15ClFN3/c1-3-7-17-14-12(16)9(2)18-13(19-14)10-5-4-6-11(15)8-10/h4-6,8H,3,7H2,1-2H3,(H,17,18,19). The molecule has 0 fully saturated rings. The maximum absolute atomic E-state index is 13.9. The smallest absolute Gasteiger partial charge is 0.186 e. The van der Waals surface area contributed by atoms with Crippen molar-refractivity contribution in [2.24, 2.45) is 0 Å². The minimum Gasteiger partial charge on any atom is -0.368 e. The third-order valence-corrected chi connectivity index (χ3v) is 2.88. The van der Waals surface area contributed by atoms with Crippen LogP contribution in [0, 0.1) is 12.7 Å². The molecule has 3 nitrogen and oxygen atoms in total. The van der Waals surface area contributed by atoms with Crippen molar-refractivity contribution >= 4 is 17.4 Å². The normalized spacial score (nSPS) is 10.5. The summed E-state index contributed by atoms with van der Waals surface area (Å²) >= 11 is 5.94. The van der Waals surface area contributed by atoms with Crippen LogP contribution in [0.1, 0.15) is 19.0 Å². The molecule has 0 aliphatic rings. The number of halogens is 2. The molecule has 0 aliphatic carbocycles. The summed E-state index contributed by atoms with van der Waals surface area (Å²) in [5, 5.41) is 3.57. The first-order valence-electron chi connectivity index (χ1n) is 6.15. The summed E-state index contributed by atoms with van der Waals surface area (Å²) in [6, 6.07) is 7.20. The van der Waals surface area contributed by atoms with Crippen LogP contribution in [0.3, 0.4) is 0 Å². The zero-order valence-electron chi connectivity index (χ0n) is 10.9. The molecule has 1 heterocycles. The van der Waals surface area contributed by atoms with Crippen molar-refractivity contribution in [2.45, 2.75) is 20.3 Å². The molecule has 0 saturated carbocycles. The number of aromatic nitrogens is 2. The van der Waals surface area contributed by atoms with Gasteiger partial charge in [-0.05, 0) is 25.5 Å². The molecule has 1 aromatic heterocycles. The summed E-state index contributed by atoms with van der Waals surface area (Å²) in [5.41, 5.74) is 1.10. The van der Waals surface area contributed by atoms with E-state index in [0.717, 1.165) is 12.0 Å². The summed E-state index contributed by atoms with van der Waals surface area (Å²) in [5.74, 6) is 0.309. The average molecular weight is 280 g/mol. The number of nitrogens with zero attached hydrogens (tertiary/aromatic N) is 2. The Balaban J connectivity index is 2.44. The Labute approximate surface area is 116 Å². The first kappa shape index (κ1) is 13.7. The molecule has 0 saturated heterocycles. The molecule has 0 unspecified atom stereocenters. The second kappa shape index (κ2) is 5.97. The predicted octanol–water partition coefficient (Wildman–Crippen LogP) is 4.07. The summed E-state index contributed by atoms with van der Waals surface area (Å²) in [6.07, 6.45) is 0.898. The van der Waals surface area contributed by atoms with Crippen molar-refractivity contribution in [1.29, 1.82) is 0 Å². The second-order valence-electron chi connectivity index (χ2n) is 4.23. The van der Waals surface area contributed by atoms with Gasteiger partial charge in [0.15, 0.2) is 17.5 Å². The van der Waals surface area contributed by atoms with Crippen LogP contribution in [0.25, 0.3) is 11.4 Å². The molecule has 1 aromatic carbocycles. The van der Waals surface area contributed by atoms with E-state index in [-0.39, 0.29) is 5.82 Å². The van der Waals surface area contributed by atoms with Crippen LogP contribution < -0.4 is 5.32 Å². The molecule has 1 N–H and O–H groups in total. The minimum atomic E-state index is -0.403. The molecule has 19 heavy (non-hydrogen) atoms. The van der Waals surface area contributed by atoms with Gasteiger partial charge in [0.25, 0.3) is 0 Å². The van der Waals surface area contributed by atoms with Crippen molar-refractivity contribution in [3.63, 3.8) is 0 Å². The highest BCUT2D eigenvalue weighted by Gasteiger charge is 2.12. The lowest BCUT2D eigenvalue weighted by Crippen LogP contribution is -2.08. The topological polar surface area (TPSA) is 37.8 Å². The van der Waals surface area contributed by atoms with Gasteiger partial charge in [-0.2, -0.15) is 0 Å². The van der Waals surface area contributed by atoms with Gasteiger partial charge in [0.1, 0.15) is 0 Å². The van der Waals surface area contributed by atoms with E-state index in [0.29, 0.717) is 23.1 Å². The summed E-state index contributed by atoms with van der Waals surface area (Å²) in [4.78, 5) is 8.39. The van der Waals surface area contributed by atoms with Gasteiger partial charge < -0.3 is 5.32 Å². The number of aryl methyl sites for hydroxylation is 1. The lowest BCUT2D eigenvalue weighted by Gasteiger charge is -2.09. The number of hydrogen-bond donors (Lipinski definition) is 1. The van der Waals surface area contributed by atoms with Crippen molar-refractivity contribution < 1.29 is 4.39 Å². The fraction of sp³-hybridized carbons (Fsp3) is 0.286. The maximum Gasteiger partial charge on any atom is 0.186 e. The molecule has 2 rings (SSSR count). The molecular weight excluding hydrogens is 265 g/mol. The van der Waals surface area contributed by atoms with E-state index >= 15 is 0 Å². The molecule has 0 aliphatic heterocycles. The fourth-order valence-corrected chi connectivity index (χ4v) is 1.87. The number of benzene rings is 1. The van der Waals surface area contributed by atoms with Crippen molar-refractivity contribution in [2.75, 3.05) is 11.9 Å². The van der Waals surface area contributed by atoms with Crippen LogP contribution in [-0.4, -0.2) is 16.5 Å². The van der Waals surface area contributed by atoms with Gasteiger partial charge in [-0.15, -0.1) is 0 Å². The lowest BCUT2D eigenvalue weighted by atomic mass is 10.2. The molecule has 0 radical (unpaired) electrons. The number of hydrogen-bond acceptors (Lipinski definition) is 3. The molecule has 5 heteroatoms. The van der Waals surface area contributed by atoms with Crippen LogP contribution in [0.15, 0.2) is 24.3 Å². The molecule has 0 atom stereocenters. The van der Waals surface area contributed by atoms with Gasteiger partial charge in [0.05, 0.1) is 5.69 Å². The van der Waals surface area contributed by atoms with Gasteiger partial charge in [0, 0.05) is 17.1 Å². The van der Waals surface area contributed by atoms with Crippen molar-refractivity contribution in [3.8, 4) is 11.4 Å². The molecule has 2 aromatic rings. The van der Waals surface area contributed by atoms with Crippen LogP contribution >= 0.6 is 11.6 Å². The van der Waals surface area contributed by atoms with Crippen LogP contribution in [0.4, 0.5) is 10.2 Å². The van der Waals surface area contributed by atoms with E-state index in [9.17, 15) is 4.39 Å². The van der Waals surface area contributed by atoms with E-state index in [1.165, 1.54) is 0 Å². The second-order valence-corrected chi connectivity index (χ2v) is 4.67. The van der Waals surface area contributed by atoms with Crippen molar-refractivity contribution in [3.05, 3.63) is 40.8 Å². The first-order valence-corrected chi connectivity index (χ1v) is 6.53. The Morgan fingerprint density at radius 2 is 2.11 bits per heavy atom. The van der Waals surface area contributed by atoms with E-state index < -0.39 is 5.82 Å². The number of nitrogens with one attached hydrogen (secondary N) is 1. The van der Waals surface area contributed by atoms with E-state index in [1.807, 2.05) is 19.1 Å². The Morgan fingerprint density at radius 3 is 2.79 bits per heavy atom.